The number of nitrogens with one attached hydrogen (secondary N) is 1. The van der Waals surface area contributed by atoms with E-state index >= 15 is 0 Å². The van der Waals surface area contributed by atoms with Crippen molar-refractivity contribution in [2.45, 2.75) is 38.0 Å². The van der Waals surface area contributed by atoms with Crippen LogP contribution in [-0.2, 0) is 10.0 Å². The molecule has 26 heavy (non-hydrogen) atoms. The van der Waals surface area contributed by atoms with Crippen LogP contribution in [0.4, 0.5) is 11.6 Å². The number of hydrogen-bond acceptors (Lipinski definition) is 6. The Labute approximate surface area is 154 Å². The topological polar surface area (TPSA) is 84.4 Å². The summed E-state index contributed by atoms with van der Waals surface area (Å²) in [5.41, 5.74) is 1.80. The van der Waals surface area contributed by atoms with Gasteiger partial charge in [-0.3, -0.25) is 4.72 Å². The lowest BCUT2D eigenvalue weighted by Crippen LogP contribution is -2.30. The molecule has 3 rings (SSSR count). The van der Waals surface area contributed by atoms with Crippen LogP contribution in [0, 0.1) is 13.8 Å². The second-order valence-corrected chi connectivity index (χ2v) is 8.09. The smallest absolute Gasteiger partial charge is 0.262 e. The van der Waals surface area contributed by atoms with Crippen LogP contribution in [0.25, 0.3) is 0 Å². The predicted molar refractivity (Wildman–Crippen MR) is 101 cm³/mol. The number of anilines is 2. The molecule has 8 heteroatoms. The van der Waals surface area contributed by atoms with E-state index in [0.717, 1.165) is 31.5 Å². The number of ether oxygens (including phenoxy) is 1. The van der Waals surface area contributed by atoms with E-state index in [1.54, 1.807) is 26.2 Å². The molecule has 1 aliphatic heterocycles. The number of rotatable bonds is 5. The molecule has 0 atom stereocenters. The maximum Gasteiger partial charge on any atom is 0.262 e. The van der Waals surface area contributed by atoms with Crippen LogP contribution in [0.15, 0.2) is 29.4 Å². The second kappa shape index (κ2) is 7.49. The average molecular weight is 376 g/mol. The van der Waals surface area contributed by atoms with Gasteiger partial charge in [0, 0.05) is 13.1 Å². The van der Waals surface area contributed by atoms with Gasteiger partial charge >= 0.3 is 0 Å². The summed E-state index contributed by atoms with van der Waals surface area (Å²) in [5, 5.41) is 0. The van der Waals surface area contributed by atoms with Crippen molar-refractivity contribution in [2.75, 3.05) is 29.8 Å². The van der Waals surface area contributed by atoms with Gasteiger partial charge in [-0.25, -0.2) is 18.4 Å². The Kier molecular flexibility index (Phi) is 5.31. The van der Waals surface area contributed by atoms with Crippen LogP contribution < -0.4 is 14.4 Å². The average Bonchev–Trinajstić information content (AvgIpc) is 2.65. The molecule has 1 N–H and O–H groups in total. The molecular weight excluding hydrogens is 352 g/mol. The van der Waals surface area contributed by atoms with Crippen molar-refractivity contribution in [3.05, 3.63) is 35.7 Å². The fourth-order valence-corrected chi connectivity index (χ4v) is 4.45. The molecule has 140 valence electrons. The number of piperidine rings is 1. The summed E-state index contributed by atoms with van der Waals surface area (Å²) in [5.74, 6) is 1.31. The molecule has 0 unspecified atom stereocenters. The Balaban J connectivity index is 1.80. The minimum Gasteiger partial charge on any atom is -0.496 e. The van der Waals surface area contributed by atoms with Crippen LogP contribution in [-0.4, -0.2) is 38.6 Å². The van der Waals surface area contributed by atoms with Crippen molar-refractivity contribution in [1.82, 2.24) is 9.97 Å². The Morgan fingerprint density at radius 2 is 1.69 bits per heavy atom. The number of methoxy groups -OCH3 is 1. The summed E-state index contributed by atoms with van der Waals surface area (Å²) in [4.78, 5) is 11.0. The quantitative estimate of drug-likeness (QED) is 0.864. The molecule has 7 nitrogen and oxygen atoms in total. The predicted octanol–water partition coefficient (Wildman–Crippen LogP) is 2.89. The van der Waals surface area contributed by atoms with Gasteiger partial charge < -0.3 is 9.64 Å². The number of sulfonamides is 1. The van der Waals surface area contributed by atoms with E-state index in [4.69, 9.17) is 4.74 Å². The summed E-state index contributed by atoms with van der Waals surface area (Å²) in [6.07, 6.45) is 6.52. The third-order valence-corrected chi connectivity index (χ3v) is 6.25. The fourth-order valence-electron chi connectivity index (χ4n) is 3.12. The van der Waals surface area contributed by atoms with Crippen LogP contribution in [0.3, 0.4) is 0 Å². The van der Waals surface area contributed by atoms with Crippen molar-refractivity contribution in [1.29, 1.82) is 0 Å². The molecule has 0 saturated carbocycles. The summed E-state index contributed by atoms with van der Waals surface area (Å²) < 4.78 is 33.3. The maximum absolute atomic E-state index is 12.7. The zero-order valence-electron chi connectivity index (χ0n) is 15.3. The fraction of sp³-hybridized carbons (Fsp3) is 0.444. The zero-order valence-corrected chi connectivity index (χ0v) is 16.1. The van der Waals surface area contributed by atoms with Gasteiger partial charge in [0.15, 0.2) is 0 Å². The van der Waals surface area contributed by atoms with Gasteiger partial charge in [0.2, 0.25) is 5.95 Å². The zero-order chi connectivity index (χ0) is 18.7. The SMILES string of the molecule is COc1ccc(S(=O)(=O)Nc2cnc(N3CCCCC3)nc2)c(C)c1C. The van der Waals surface area contributed by atoms with Gasteiger partial charge in [-0.1, -0.05) is 0 Å². The van der Waals surface area contributed by atoms with Crippen molar-refractivity contribution < 1.29 is 13.2 Å². The highest BCUT2D eigenvalue weighted by atomic mass is 32.2. The van der Waals surface area contributed by atoms with E-state index in [1.807, 2.05) is 6.92 Å². The van der Waals surface area contributed by atoms with Gasteiger partial charge in [0.25, 0.3) is 10.0 Å². The first-order valence-corrected chi connectivity index (χ1v) is 10.1. The number of nitrogens with zero attached hydrogens (tertiary/aromatic N) is 3. The Hall–Kier alpha value is -2.35. The molecule has 1 fully saturated rings. The molecule has 0 amide bonds. The summed E-state index contributed by atoms with van der Waals surface area (Å²) in [7, 11) is -2.16. The molecule has 1 saturated heterocycles. The Bertz CT molecular complexity index is 876. The van der Waals surface area contributed by atoms with Crippen molar-refractivity contribution in [3.63, 3.8) is 0 Å². The Morgan fingerprint density at radius 1 is 1.04 bits per heavy atom. The van der Waals surface area contributed by atoms with Gasteiger partial charge in [-0.15, -0.1) is 0 Å². The highest BCUT2D eigenvalue weighted by Gasteiger charge is 2.20. The highest BCUT2D eigenvalue weighted by molar-refractivity contribution is 7.92. The lowest BCUT2D eigenvalue weighted by molar-refractivity contribution is 0.411. The standard InChI is InChI=1S/C18H24N4O3S/c1-13-14(2)17(8-7-16(13)25-3)26(23,24)21-15-11-19-18(20-12-15)22-9-5-4-6-10-22/h7-8,11-12,21H,4-6,9-10H2,1-3H3. The molecular formula is C18H24N4O3S. The molecule has 2 aromatic rings. The van der Waals surface area contributed by atoms with Crippen LogP contribution in [0.5, 0.6) is 5.75 Å². The van der Waals surface area contributed by atoms with E-state index < -0.39 is 10.0 Å². The molecule has 0 spiro atoms. The van der Waals surface area contributed by atoms with Crippen molar-refractivity contribution in [2.24, 2.45) is 0 Å². The van der Waals surface area contributed by atoms with Gasteiger partial charge in [-0.2, -0.15) is 0 Å². The lowest BCUT2D eigenvalue weighted by Gasteiger charge is -2.26. The largest absolute Gasteiger partial charge is 0.496 e. The monoisotopic (exact) mass is 376 g/mol. The highest BCUT2D eigenvalue weighted by Crippen LogP contribution is 2.28. The summed E-state index contributed by atoms with van der Waals surface area (Å²) in [6.45, 7) is 5.48. The van der Waals surface area contributed by atoms with Gasteiger partial charge in [0.05, 0.1) is 30.1 Å². The second-order valence-electron chi connectivity index (χ2n) is 6.44. The number of aromatic nitrogens is 2. The van der Waals surface area contributed by atoms with Crippen LogP contribution in [0.1, 0.15) is 30.4 Å². The molecule has 0 bridgehead atoms. The van der Waals surface area contributed by atoms with Crippen molar-refractivity contribution in [3.8, 4) is 5.75 Å². The minimum atomic E-state index is -3.73. The van der Waals surface area contributed by atoms with Crippen LogP contribution in [0.2, 0.25) is 0 Å². The third kappa shape index (κ3) is 3.75. The number of hydrogen-bond donors (Lipinski definition) is 1. The van der Waals surface area contributed by atoms with Gasteiger partial charge in [0.1, 0.15) is 5.75 Å². The lowest BCUT2D eigenvalue weighted by atomic mass is 10.1. The third-order valence-electron chi connectivity index (χ3n) is 4.73. The molecule has 0 aliphatic carbocycles. The summed E-state index contributed by atoms with van der Waals surface area (Å²) in [6, 6.07) is 3.21. The first-order chi connectivity index (χ1) is 12.4. The first-order valence-electron chi connectivity index (χ1n) is 8.66. The maximum atomic E-state index is 12.7. The normalized spacial score (nSPS) is 15.0. The van der Waals surface area contributed by atoms with Crippen LogP contribution >= 0.6 is 0 Å². The van der Waals surface area contributed by atoms with Gasteiger partial charge in [-0.05, 0) is 56.4 Å². The summed E-state index contributed by atoms with van der Waals surface area (Å²) >= 11 is 0. The Morgan fingerprint density at radius 3 is 2.31 bits per heavy atom. The molecule has 1 aromatic carbocycles. The van der Waals surface area contributed by atoms with E-state index in [1.165, 1.54) is 18.8 Å². The molecule has 1 aromatic heterocycles. The minimum absolute atomic E-state index is 0.218. The van der Waals surface area contributed by atoms with E-state index in [-0.39, 0.29) is 4.90 Å². The van der Waals surface area contributed by atoms with E-state index in [2.05, 4.69) is 19.6 Å². The van der Waals surface area contributed by atoms with E-state index in [0.29, 0.717) is 22.9 Å². The molecule has 1 aliphatic rings. The molecule has 0 radical (unpaired) electrons. The van der Waals surface area contributed by atoms with E-state index in [9.17, 15) is 8.42 Å². The molecule has 2 heterocycles. The first kappa shape index (κ1) is 18.4. The number of benzene rings is 1. The van der Waals surface area contributed by atoms with Crippen molar-refractivity contribution >= 4 is 21.7 Å².